The number of H-pyrrole nitrogens is 1. The lowest BCUT2D eigenvalue weighted by Crippen LogP contribution is -2.43. The van der Waals surface area contributed by atoms with Crippen molar-refractivity contribution in [2.45, 2.75) is 59.0 Å². The molecule has 0 fully saturated rings. The Labute approximate surface area is 139 Å². The molecule has 0 aliphatic carbocycles. The fraction of sp³-hybridized carbons (Fsp3) is 0.562. The van der Waals surface area contributed by atoms with Gasteiger partial charge in [-0.05, 0) is 25.8 Å². The van der Waals surface area contributed by atoms with Crippen molar-refractivity contribution in [3.8, 4) is 0 Å². The van der Waals surface area contributed by atoms with E-state index in [9.17, 15) is 9.59 Å². The minimum atomic E-state index is -0.459. The average molecular weight is 330 g/mol. The van der Waals surface area contributed by atoms with Gasteiger partial charge in [0.1, 0.15) is 17.2 Å². The van der Waals surface area contributed by atoms with E-state index in [0.717, 1.165) is 24.5 Å². The third kappa shape index (κ3) is 2.83. The number of aromatic nitrogens is 5. The first kappa shape index (κ1) is 16.4. The fourth-order valence-electron chi connectivity index (χ4n) is 3.05. The molecule has 24 heavy (non-hydrogen) atoms. The Morgan fingerprint density at radius 3 is 2.79 bits per heavy atom. The summed E-state index contributed by atoms with van der Waals surface area (Å²) in [5, 5.41) is 17.7. The van der Waals surface area contributed by atoms with Crippen molar-refractivity contribution in [1.29, 1.82) is 0 Å². The summed E-state index contributed by atoms with van der Waals surface area (Å²) >= 11 is 0. The first-order valence-corrected chi connectivity index (χ1v) is 8.17. The van der Waals surface area contributed by atoms with Gasteiger partial charge in [0, 0.05) is 24.9 Å². The maximum atomic E-state index is 12.6. The summed E-state index contributed by atoms with van der Waals surface area (Å²) in [6.07, 6.45) is 1.54. The Hall–Kier alpha value is -2.51. The molecule has 1 aliphatic heterocycles. The molecule has 0 spiro atoms. The van der Waals surface area contributed by atoms with Gasteiger partial charge in [-0.15, -0.1) is 10.2 Å². The number of nitrogens with one attached hydrogen (secondary N) is 2. The predicted octanol–water partition coefficient (Wildman–Crippen LogP) is 0.846. The van der Waals surface area contributed by atoms with E-state index in [1.54, 1.807) is 13.8 Å². The van der Waals surface area contributed by atoms with Crippen molar-refractivity contribution < 1.29 is 4.79 Å². The van der Waals surface area contributed by atoms with E-state index in [1.165, 1.54) is 0 Å². The summed E-state index contributed by atoms with van der Waals surface area (Å²) < 4.78 is 2.08. The molecular formula is C16H22N6O2. The zero-order chi connectivity index (χ0) is 17.4. The Balaban J connectivity index is 1.81. The third-order valence-electron chi connectivity index (χ3n) is 4.52. The Morgan fingerprint density at radius 1 is 1.33 bits per heavy atom. The zero-order valence-corrected chi connectivity index (χ0v) is 14.4. The summed E-state index contributed by atoms with van der Waals surface area (Å²) in [5.41, 5.74) is 0.937. The molecular weight excluding hydrogens is 308 g/mol. The number of aromatic amines is 1. The van der Waals surface area contributed by atoms with Crippen LogP contribution in [0.5, 0.6) is 0 Å². The highest BCUT2D eigenvalue weighted by Gasteiger charge is 2.26. The zero-order valence-electron chi connectivity index (χ0n) is 14.4. The van der Waals surface area contributed by atoms with Crippen molar-refractivity contribution in [3.63, 3.8) is 0 Å². The number of amides is 1. The van der Waals surface area contributed by atoms with E-state index < -0.39 is 5.56 Å². The lowest BCUT2D eigenvalue weighted by molar-refractivity contribution is 0.0924. The minimum Gasteiger partial charge on any atom is -0.347 e. The standard InChI is InChI=1S/C16H22N6O2/c1-8(2)14-20-19-12-6-5-11(7-22(12)14)17-15(23)13-9(3)10(4)18-21-16(13)24/h8,11H,5-7H2,1-4H3,(H,17,23)(H,21,24). The normalized spacial score (nSPS) is 17.0. The summed E-state index contributed by atoms with van der Waals surface area (Å²) in [7, 11) is 0. The van der Waals surface area contributed by atoms with Crippen molar-refractivity contribution >= 4 is 5.91 Å². The van der Waals surface area contributed by atoms with Crippen LogP contribution < -0.4 is 10.9 Å². The van der Waals surface area contributed by atoms with Crippen LogP contribution in [0.15, 0.2) is 4.79 Å². The molecule has 3 heterocycles. The van der Waals surface area contributed by atoms with Gasteiger partial charge in [-0.1, -0.05) is 13.8 Å². The first-order chi connectivity index (χ1) is 11.4. The van der Waals surface area contributed by atoms with Crippen LogP contribution in [0.2, 0.25) is 0 Å². The van der Waals surface area contributed by atoms with Gasteiger partial charge in [0.25, 0.3) is 11.5 Å². The fourth-order valence-corrected chi connectivity index (χ4v) is 3.05. The molecule has 0 saturated heterocycles. The van der Waals surface area contributed by atoms with Gasteiger partial charge in [-0.25, -0.2) is 5.10 Å². The van der Waals surface area contributed by atoms with Gasteiger partial charge < -0.3 is 9.88 Å². The van der Waals surface area contributed by atoms with E-state index in [-0.39, 0.29) is 23.4 Å². The first-order valence-electron chi connectivity index (χ1n) is 8.17. The number of aryl methyl sites for hydroxylation is 2. The van der Waals surface area contributed by atoms with Crippen LogP contribution >= 0.6 is 0 Å². The van der Waals surface area contributed by atoms with E-state index in [2.05, 4.69) is 44.1 Å². The monoisotopic (exact) mass is 330 g/mol. The molecule has 2 aromatic heterocycles. The van der Waals surface area contributed by atoms with Gasteiger partial charge in [0.05, 0.1) is 5.69 Å². The molecule has 0 radical (unpaired) electrons. The van der Waals surface area contributed by atoms with Gasteiger partial charge >= 0.3 is 0 Å². The summed E-state index contributed by atoms with van der Waals surface area (Å²) in [6, 6.07) is -0.0502. The van der Waals surface area contributed by atoms with E-state index in [1.807, 2.05) is 0 Å². The molecule has 0 saturated carbocycles. The molecule has 8 heteroatoms. The number of hydrogen-bond acceptors (Lipinski definition) is 5. The Morgan fingerprint density at radius 2 is 2.08 bits per heavy atom. The Kier molecular flexibility index (Phi) is 4.21. The van der Waals surface area contributed by atoms with Crippen LogP contribution in [-0.2, 0) is 13.0 Å². The van der Waals surface area contributed by atoms with Gasteiger partial charge in [-0.2, -0.15) is 5.10 Å². The number of nitrogens with zero attached hydrogens (tertiary/aromatic N) is 4. The molecule has 2 aromatic rings. The van der Waals surface area contributed by atoms with Crippen LogP contribution in [0.3, 0.4) is 0 Å². The number of carbonyl (C=O) groups is 1. The van der Waals surface area contributed by atoms with Crippen molar-refractivity contribution in [2.24, 2.45) is 0 Å². The molecule has 128 valence electrons. The Bertz CT molecular complexity index is 836. The van der Waals surface area contributed by atoms with Crippen molar-refractivity contribution in [1.82, 2.24) is 30.3 Å². The molecule has 2 N–H and O–H groups in total. The molecule has 0 aromatic carbocycles. The molecule has 1 atom stereocenters. The lowest BCUT2D eigenvalue weighted by Gasteiger charge is -2.26. The number of carbonyl (C=O) groups excluding carboxylic acids is 1. The summed E-state index contributed by atoms with van der Waals surface area (Å²) in [4.78, 5) is 24.5. The quantitative estimate of drug-likeness (QED) is 0.868. The summed E-state index contributed by atoms with van der Waals surface area (Å²) in [6.45, 7) is 8.27. The second-order valence-corrected chi connectivity index (χ2v) is 6.59. The van der Waals surface area contributed by atoms with Crippen molar-refractivity contribution in [3.05, 3.63) is 38.8 Å². The SMILES string of the molecule is Cc1n[nH]c(=O)c(C(=O)NC2CCc3nnc(C(C)C)n3C2)c1C. The van der Waals surface area contributed by atoms with E-state index in [4.69, 9.17) is 0 Å². The van der Waals surface area contributed by atoms with Crippen molar-refractivity contribution in [2.75, 3.05) is 0 Å². The maximum absolute atomic E-state index is 12.6. The third-order valence-corrected chi connectivity index (χ3v) is 4.52. The molecule has 1 aliphatic rings. The topological polar surface area (TPSA) is 106 Å². The largest absolute Gasteiger partial charge is 0.347 e. The lowest BCUT2D eigenvalue weighted by atomic mass is 10.0. The molecule has 1 amide bonds. The van der Waals surface area contributed by atoms with Crippen LogP contribution in [0.4, 0.5) is 0 Å². The van der Waals surface area contributed by atoms with E-state index >= 15 is 0 Å². The molecule has 0 bridgehead atoms. The molecule has 8 nitrogen and oxygen atoms in total. The molecule has 1 unspecified atom stereocenters. The smallest absolute Gasteiger partial charge is 0.277 e. The maximum Gasteiger partial charge on any atom is 0.277 e. The highest BCUT2D eigenvalue weighted by atomic mass is 16.2. The number of fused-ring (bicyclic) bond motifs is 1. The average Bonchev–Trinajstić information content (AvgIpc) is 2.94. The highest BCUT2D eigenvalue weighted by Crippen LogP contribution is 2.20. The highest BCUT2D eigenvalue weighted by molar-refractivity contribution is 5.95. The predicted molar refractivity (Wildman–Crippen MR) is 88.0 cm³/mol. The number of hydrogen-bond donors (Lipinski definition) is 2. The van der Waals surface area contributed by atoms with Crippen LogP contribution in [0.1, 0.15) is 59.5 Å². The van der Waals surface area contributed by atoms with Crippen LogP contribution in [0, 0.1) is 13.8 Å². The van der Waals surface area contributed by atoms with Crippen LogP contribution in [0.25, 0.3) is 0 Å². The van der Waals surface area contributed by atoms with Gasteiger partial charge in [0.2, 0.25) is 0 Å². The van der Waals surface area contributed by atoms with E-state index in [0.29, 0.717) is 17.8 Å². The second kappa shape index (κ2) is 6.18. The molecule has 3 rings (SSSR count). The van der Waals surface area contributed by atoms with Gasteiger partial charge in [0.15, 0.2) is 0 Å². The second-order valence-electron chi connectivity index (χ2n) is 6.59. The minimum absolute atomic E-state index is 0.0502. The number of rotatable bonds is 3. The summed E-state index contributed by atoms with van der Waals surface area (Å²) in [5.74, 6) is 1.80. The van der Waals surface area contributed by atoms with Crippen LogP contribution in [-0.4, -0.2) is 36.9 Å². The van der Waals surface area contributed by atoms with Gasteiger partial charge in [-0.3, -0.25) is 9.59 Å².